The first-order valence-electron chi connectivity index (χ1n) is 4.94. The molecule has 2 unspecified atom stereocenters. The Labute approximate surface area is 91.9 Å². The van der Waals surface area contributed by atoms with Crippen molar-refractivity contribution in [1.29, 1.82) is 0 Å². The van der Waals surface area contributed by atoms with Crippen LogP contribution in [0.4, 0.5) is 0 Å². The molecule has 1 aliphatic rings. The monoisotopic (exact) mass is 227 g/mol. The van der Waals surface area contributed by atoms with Gasteiger partial charge in [-0.25, -0.2) is 4.98 Å². The molecule has 0 saturated carbocycles. The average molecular weight is 227 g/mol. The van der Waals surface area contributed by atoms with Crippen molar-refractivity contribution in [3.63, 3.8) is 0 Å². The normalized spacial score (nSPS) is 22.9. The van der Waals surface area contributed by atoms with Crippen LogP contribution in [0.3, 0.4) is 0 Å². The number of hydrogen-bond donors (Lipinski definition) is 1. The van der Waals surface area contributed by atoms with Gasteiger partial charge < -0.3 is 9.84 Å². The Morgan fingerprint density at radius 1 is 1.80 bits per heavy atom. The van der Waals surface area contributed by atoms with Crippen LogP contribution < -0.4 is 0 Å². The van der Waals surface area contributed by atoms with Gasteiger partial charge in [0.2, 0.25) is 0 Å². The van der Waals surface area contributed by atoms with E-state index in [9.17, 15) is 4.79 Å². The summed E-state index contributed by atoms with van der Waals surface area (Å²) in [6.45, 7) is 3.16. The number of thiazole rings is 1. The smallest absolute Gasteiger partial charge is 0.313 e. The van der Waals surface area contributed by atoms with E-state index in [-0.39, 0.29) is 0 Å². The minimum absolute atomic E-state index is 0.357. The van der Waals surface area contributed by atoms with Crippen molar-refractivity contribution in [2.24, 2.45) is 0 Å². The first-order chi connectivity index (χ1) is 7.18. The van der Waals surface area contributed by atoms with E-state index < -0.39 is 11.9 Å². The van der Waals surface area contributed by atoms with Gasteiger partial charge in [0, 0.05) is 17.9 Å². The predicted molar refractivity (Wildman–Crippen MR) is 56.3 cm³/mol. The van der Waals surface area contributed by atoms with Gasteiger partial charge in [-0.2, -0.15) is 0 Å². The maximum Gasteiger partial charge on any atom is 0.313 e. The van der Waals surface area contributed by atoms with E-state index in [1.54, 1.807) is 6.92 Å². The zero-order valence-corrected chi connectivity index (χ0v) is 9.29. The number of carboxylic acid groups (broad SMARTS) is 1. The highest BCUT2D eigenvalue weighted by molar-refractivity contribution is 7.09. The molecule has 1 saturated heterocycles. The van der Waals surface area contributed by atoms with Gasteiger partial charge in [-0.3, -0.25) is 4.79 Å². The molecule has 0 amide bonds. The average Bonchev–Trinajstić information content (AvgIpc) is 2.86. The summed E-state index contributed by atoms with van der Waals surface area (Å²) in [4.78, 5) is 15.1. The van der Waals surface area contributed by atoms with E-state index in [1.807, 2.05) is 5.38 Å². The van der Waals surface area contributed by atoms with Crippen molar-refractivity contribution in [2.75, 3.05) is 13.2 Å². The fourth-order valence-electron chi connectivity index (χ4n) is 1.56. The molecule has 0 aromatic carbocycles. The Morgan fingerprint density at radius 2 is 2.60 bits per heavy atom. The number of nitrogens with zero attached hydrogens (tertiary/aromatic N) is 1. The summed E-state index contributed by atoms with van der Waals surface area (Å²) >= 11 is 1.43. The van der Waals surface area contributed by atoms with E-state index in [2.05, 4.69) is 4.98 Å². The largest absolute Gasteiger partial charge is 0.481 e. The quantitative estimate of drug-likeness (QED) is 0.855. The van der Waals surface area contributed by atoms with Crippen molar-refractivity contribution in [2.45, 2.75) is 25.2 Å². The van der Waals surface area contributed by atoms with Gasteiger partial charge in [0.1, 0.15) is 10.9 Å². The van der Waals surface area contributed by atoms with Crippen molar-refractivity contribution in [3.8, 4) is 0 Å². The molecule has 0 radical (unpaired) electrons. The van der Waals surface area contributed by atoms with Crippen LogP contribution in [0.2, 0.25) is 0 Å². The Balaban J connectivity index is 2.12. The van der Waals surface area contributed by atoms with Gasteiger partial charge in [-0.15, -0.1) is 11.3 Å². The highest BCUT2D eigenvalue weighted by atomic mass is 32.1. The van der Waals surface area contributed by atoms with E-state index in [0.717, 1.165) is 18.7 Å². The fraction of sp³-hybridized carbons (Fsp3) is 0.600. The van der Waals surface area contributed by atoms with Crippen molar-refractivity contribution in [1.82, 2.24) is 4.98 Å². The lowest BCUT2D eigenvalue weighted by atomic mass is 10.1. The molecular weight excluding hydrogens is 214 g/mol. The van der Waals surface area contributed by atoms with Crippen molar-refractivity contribution in [3.05, 3.63) is 16.1 Å². The maximum absolute atomic E-state index is 10.8. The minimum Gasteiger partial charge on any atom is -0.481 e. The summed E-state index contributed by atoms with van der Waals surface area (Å²) in [7, 11) is 0. The van der Waals surface area contributed by atoms with E-state index in [1.165, 1.54) is 11.3 Å². The fourth-order valence-corrected chi connectivity index (χ4v) is 2.51. The third-order valence-corrected chi connectivity index (χ3v) is 3.67. The topological polar surface area (TPSA) is 59.4 Å². The highest BCUT2D eigenvalue weighted by Gasteiger charge is 2.23. The lowest BCUT2D eigenvalue weighted by molar-refractivity contribution is -0.138. The zero-order valence-electron chi connectivity index (χ0n) is 8.47. The van der Waals surface area contributed by atoms with Crippen LogP contribution in [-0.2, 0) is 9.53 Å². The first-order valence-corrected chi connectivity index (χ1v) is 5.82. The number of ether oxygens (including phenoxy) is 1. The summed E-state index contributed by atoms with van der Waals surface area (Å²) in [5.74, 6) is -0.972. The zero-order chi connectivity index (χ0) is 10.8. The predicted octanol–water partition coefficient (Wildman–Crippen LogP) is 1.84. The van der Waals surface area contributed by atoms with Gasteiger partial charge in [0.25, 0.3) is 0 Å². The number of aliphatic carboxylic acids is 1. The van der Waals surface area contributed by atoms with Crippen LogP contribution >= 0.6 is 11.3 Å². The van der Waals surface area contributed by atoms with E-state index in [0.29, 0.717) is 17.5 Å². The molecule has 1 fully saturated rings. The van der Waals surface area contributed by atoms with E-state index >= 15 is 0 Å². The number of rotatable bonds is 3. The Morgan fingerprint density at radius 3 is 3.20 bits per heavy atom. The molecule has 2 heterocycles. The van der Waals surface area contributed by atoms with Gasteiger partial charge in [-0.1, -0.05) is 0 Å². The van der Waals surface area contributed by atoms with Gasteiger partial charge in [0.05, 0.1) is 12.3 Å². The minimum atomic E-state index is -0.821. The molecule has 2 rings (SSSR count). The summed E-state index contributed by atoms with van der Waals surface area (Å²) in [5, 5.41) is 11.5. The van der Waals surface area contributed by atoms with Gasteiger partial charge in [0.15, 0.2) is 0 Å². The summed E-state index contributed by atoms with van der Waals surface area (Å²) in [6, 6.07) is 0. The molecule has 1 aliphatic heterocycles. The molecule has 1 N–H and O–H groups in total. The SMILES string of the molecule is CC(C(=O)O)c1nc(C2CCOC2)cs1. The third kappa shape index (κ3) is 2.18. The van der Waals surface area contributed by atoms with Crippen LogP contribution in [0.15, 0.2) is 5.38 Å². The van der Waals surface area contributed by atoms with Crippen LogP contribution in [0.5, 0.6) is 0 Å². The molecule has 1 aromatic rings. The maximum atomic E-state index is 10.8. The second kappa shape index (κ2) is 4.28. The molecule has 82 valence electrons. The highest BCUT2D eigenvalue weighted by Crippen LogP contribution is 2.28. The summed E-state index contributed by atoms with van der Waals surface area (Å²) in [6.07, 6.45) is 0.991. The molecular formula is C10H13NO3S. The lowest BCUT2D eigenvalue weighted by Gasteiger charge is -2.03. The second-order valence-electron chi connectivity index (χ2n) is 3.73. The standard InChI is InChI=1S/C10H13NO3S/c1-6(10(12)13)9-11-8(5-15-9)7-2-3-14-4-7/h5-7H,2-4H2,1H3,(H,12,13). The molecule has 5 heteroatoms. The number of carboxylic acids is 1. The van der Waals surface area contributed by atoms with Crippen LogP contribution in [0, 0.1) is 0 Å². The summed E-state index contributed by atoms with van der Waals surface area (Å²) < 4.78 is 5.28. The molecule has 0 spiro atoms. The Kier molecular flexibility index (Phi) is 3.02. The van der Waals surface area contributed by atoms with Gasteiger partial charge >= 0.3 is 5.97 Å². The molecule has 15 heavy (non-hydrogen) atoms. The van der Waals surface area contributed by atoms with E-state index in [4.69, 9.17) is 9.84 Å². The number of aromatic nitrogens is 1. The number of hydrogen-bond acceptors (Lipinski definition) is 4. The first kappa shape index (κ1) is 10.6. The van der Waals surface area contributed by atoms with Gasteiger partial charge in [-0.05, 0) is 13.3 Å². The molecule has 1 aromatic heterocycles. The summed E-state index contributed by atoms with van der Waals surface area (Å²) in [5.41, 5.74) is 0.987. The third-order valence-electron chi connectivity index (χ3n) is 2.63. The van der Waals surface area contributed by atoms with Crippen molar-refractivity contribution >= 4 is 17.3 Å². The molecule has 0 aliphatic carbocycles. The molecule has 4 nitrogen and oxygen atoms in total. The van der Waals surface area contributed by atoms with Crippen LogP contribution in [0.25, 0.3) is 0 Å². The van der Waals surface area contributed by atoms with Crippen molar-refractivity contribution < 1.29 is 14.6 Å². The van der Waals surface area contributed by atoms with Crippen LogP contribution in [-0.4, -0.2) is 29.3 Å². The lowest BCUT2D eigenvalue weighted by Crippen LogP contribution is -2.07. The molecule has 0 bridgehead atoms. The second-order valence-corrected chi connectivity index (χ2v) is 4.62. The Bertz CT molecular complexity index is 357. The number of carbonyl (C=O) groups is 1. The Hall–Kier alpha value is -0.940. The van der Waals surface area contributed by atoms with Crippen LogP contribution in [0.1, 0.15) is 35.9 Å². The molecule has 2 atom stereocenters.